The first-order valence-corrected chi connectivity index (χ1v) is 5.37. The number of hydrogen-bond acceptors (Lipinski definition) is 2. The van der Waals surface area contributed by atoms with Gasteiger partial charge >= 0.3 is 0 Å². The standard InChI is InChI=1S/C14H10N2O/c17-14-13-9-15-8-12(11(13)6-7-16-14)10-4-2-1-3-5-10/h1-9H,(H,16,17). The second kappa shape index (κ2) is 3.87. The molecule has 0 aliphatic rings. The van der Waals surface area contributed by atoms with Gasteiger partial charge in [0.15, 0.2) is 0 Å². The highest BCUT2D eigenvalue weighted by Gasteiger charge is 2.05. The number of rotatable bonds is 1. The molecule has 0 amide bonds. The van der Waals surface area contributed by atoms with Crippen molar-refractivity contribution >= 4 is 10.8 Å². The maximum Gasteiger partial charge on any atom is 0.257 e. The van der Waals surface area contributed by atoms with Gasteiger partial charge in [-0.3, -0.25) is 9.78 Å². The number of pyridine rings is 2. The molecule has 3 aromatic rings. The molecular formula is C14H10N2O. The van der Waals surface area contributed by atoms with E-state index in [1.807, 2.05) is 36.4 Å². The van der Waals surface area contributed by atoms with Crippen molar-refractivity contribution in [2.24, 2.45) is 0 Å². The fourth-order valence-corrected chi connectivity index (χ4v) is 1.96. The highest BCUT2D eigenvalue weighted by molar-refractivity contribution is 5.94. The molecule has 0 radical (unpaired) electrons. The first-order chi connectivity index (χ1) is 8.36. The van der Waals surface area contributed by atoms with Gasteiger partial charge in [-0.05, 0) is 17.0 Å². The zero-order chi connectivity index (χ0) is 11.7. The lowest BCUT2D eigenvalue weighted by atomic mass is 10.0. The summed E-state index contributed by atoms with van der Waals surface area (Å²) in [6.45, 7) is 0. The summed E-state index contributed by atoms with van der Waals surface area (Å²) in [5, 5.41) is 1.55. The number of aromatic amines is 1. The first kappa shape index (κ1) is 9.78. The van der Waals surface area contributed by atoms with Crippen LogP contribution in [-0.2, 0) is 0 Å². The summed E-state index contributed by atoms with van der Waals surface area (Å²) in [7, 11) is 0. The topological polar surface area (TPSA) is 45.8 Å². The highest BCUT2D eigenvalue weighted by atomic mass is 16.1. The van der Waals surface area contributed by atoms with E-state index in [0.29, 0.717) is 5.39 Å². The van der Waals surface area contributed by atoms with E-state index < -0.39 is 0 Å². The number of nitrogens with zero attached hydrogens (tertiary/aromatic N) is 1. The minimum Gasteiger partial charge on any atom is -0.329 e. The lowest BCUT2D eigenvalue weighted by Crippen LogP contribution is -2.05. The second-order valence-corrected chi connectivity index (χ2v) is 3.82. The molecule has 17 heavy (non-hydrogen) atoms. The van der Waals surface area contributed by atoms with Crippen molar-refractivity contribution in [1.82, 2.24) is 9.97 Å². The van der Waals surface area contributed by atoms with Crippen molar-refractivity contribution in [3.05, 3.63) is 65.3 Å². The van der Waals surface area contributed by atoms with Crippen LogP contribution in [0.4, 0.5) is 0 Å². The predicted molar refractivity (Wildman–Crippen MR) is 67.8 cm³/mol. The van der Waals surface area contributed by atoms with E-state index in [4.69, 9.17) is 0 Å². The van der Waals surface area contributed by atoms with Crippen LogP contribution in [0.1, 0.15) is 0 Å². The van der Waals surface area contributed by atoms with Gasteiger partial charge in [0.25, 0.3) is 5.56 Å². The van der Waals surface area contributed by atoms with Gasteiger partial charge in [0.05, 0.1) is 5.39 Å². The van der Waals surface area contributed by atoms with Crippen LogP contribution in [0.5, 0.6) is 0 Å². The number of hydrogen-bond donors (Lipinski definition) is 1. The quantitative estimate of drug-likeness (QED) is 0.687. The Hall–Kier alpha value is -2.42. The Labute approximate surface area is 97.8 Å². The van der Waals surface area contributed by atoms with Crippen molar-refractivity contribution in [2.45, 2.75) is 0 Å². The van der Waals surface area contributed by atoms with Crippen LogP contribution in [0.2, 0.25) is 0 Å². The highest BCUT2D eigenvalue weighted by Crippen LogP contribution is 2.25. The van der Waals surface area contributed by atoms with Crippen LogP contribution in [0.15, 0.2) is 59.8 Å². The minimum atomic E-state index is -0.104. The summed E-state index contributed by atoms with van der Waals surface area (Å²) in [5.41, 5.74) is 1.94. The zero-order valence-corrected chi connectivity index (χ0v) is 9.05. The SMILES string of the molecule is O=c1[nH]ccc2c(-c3ccccc3)cncc12. The Morgan fingerprint density at radius 2 is 1.76 bits per heavy atom. The molecule has 0 aliphatic carbocycles. The largest absolute Gasteiger partial charge is 0.329 e. The van der Waals surface area contributed by atoms with Gasteiger partial charge in [-0.1, -0.05) is 30.3 Å². The van der Waals surface area contributed by atoms with Gasteiger partial charge in [-0.2, -0.15) is 0 Å². The average molecular weight is 222 g/mol. The Kier molecular flexibility index (Phi) is 2.22. The molecule has 0 saturated carbocycles. The van der Waals surface area contributed by atoms with E-state index in [2.05, 4.69) is 9.97 Å². The van der Waals surface area contributed by atoms with Crippen LogP contribution < -0.4 is 5.56 Å². The molecule has 0 bridgehead atoms. The third-order valence-electron chi connectivity index (χ3n) is 2.78. The van der Waals surface area contributed by atoms with Gasteiger partial charge in [-0.15, -0.1) is 0 Å². The van der Waals surface area contributed by atoms with Gasteiger partial charge < -0.3 is 4.98 Å². The summed E-state index contributed by atoms with van der Waals surface area (Å²) in [6.07, 6.45) is 5.05. The van der Waals surface area contributed by atoms with Crippen molar-refractivity contribution in [3.8, 4) is 11.1 Å². The molecule has 0 spiro atoms. The summed E-state index contributed by atoms with van der Waals surface area (Å²) >= 11 is 0. The van der Waals surface area contributed by atoms with Crippen LogP contribution in [-0.4, -0.2) is 9.97 Å². The van der Waals surface area contributed by atoms with Gasteiger partial charge in [0.1, 0.15) is 0 Å². The number of nitrogens with one attached hydrogen (secondary N) is 1. The van der Waals surface area contributed by atoms with E-state index in [1.165, 1.54) is 0 Å². The Morgan fingerprint density at radius 3 is 2.59 bits per heavy atom. The Morgan fingerprint density at radius 1 is 0.941 bits per heavy atom. The molecule has 2 heterocycles. The van der Waals surface area contributed by atoms with Crippen molar-refractivity contribution in [2.75, 3.05) is 0 Å². The van der Waals surface area contributed by atoms with Crippen molar-refractivity contribution < 1.29 is 0 Å². The van der Waals surface area contributed by atoms with Gasteiger partial charge in [-0.25, -0.2) is 0 Å². The first-order valence-electron chi connectivity index (χ1n) is 5.37. The molecular weight excluding hydrogens is 212 g/mol. The van der Waals surface area contributed by atoms with Crippen molar-refractivity contribution in [1.29, 1.82) is 0 Å². The molecule has 0 aliphatic heterocycles. The zero-order valence-electron chi connectivity index (χ0n) is 9.05. The molecule has 3 heteroatoms. The number of fused-ring (bicyclic) bond motifs is 1. The monoisotopic (exact) mass is 222 g/mol. The smallest absolute Gasteiger partial charge is 0.257 e. The molecule has 0 unspecified atom stereocenters. The molecule has 1 aromatic carbocycles. The second-order valence-electron chi connectivity index (χ2n) is 3.82. The molecule has 0 fully saturated rings. The van der Waals surface area contributed by atoms with Crippen LogP contribution >= 0.6 is 0 Å². The predicted octanol–water partition coefficient (Wildman–Crippen LogP) is 2.59. The third kappa shape index (κ3) is 1.61. The summed E-state index contributed by atoms with van der Waals surface area (Å²) in [5.74, 6) is 0. The van der Waals surface area contributed by atoms with Gasteiger partial charge in [0.2, 0.25) is 0 Å². The minimum absolute atomic E-state index is 0.104. The molecule has 0 atom stereocenters. The number of aromatic nitrogens is 2. The summed E-state index contributed by atoms with van der Waals surface area (Å²) < 4.78 is 0. The van der Waals surface area contributed by atoms with Crippen LogP contribution in [0, 0.1) is 0 Å². The van der Waals surface area contributed by atoms with E-state index in [0.717, 1.165) is 16.5 Å². The molecule has 3 nitrogen and oxygen atoms in total. The molecule has 82 valence electrons. The normalized spacial score (nSPS) is 10.6. The number of H-pyrrole nitrogens is 1. The molecule has 2 aromatic heterocycles. The van der Waals surface area contributed by atoms with Crippen LogP contribution in [0.25, 0.3) is 21.9 Å². The average Bonchev–Trinajstić information content (AvgIpc) is 2.40. The lowest BCUT2D eigenvalue weighted by Gasteiger charge is -2.04. The fraction of sp³-hybridized carbons (Fsp3) is 0. The summed E-state index contributed by atoms with van der Waals surface area (Å²) in [6, 6.07) is 11.8. The molecule has 0 saturated heterocycles. The van der Waals surface area contributed by atoms with Crippen molar-refractivity contribution in [3.63, 3.8) is 0 Å². The maximum atomic E-state index is 11.7. The lowest BCUT2D eigenvalue weighted by molar-refractivity contribution is 1.26. The van der Waals surface area contributed by atoms with Gasteiger partial charge in [0, 0.05) is 24.2 Å². The molecule has 3 rings (SSSR count). The molecule has 1 N–H and O–H groups in total. The summed E-state index contributed by atoms with van der Waals surface area (Å²) in [4.78, 5) is 18.5. The Balaban J connectivity index is 2.39. The Bertz CT molecular complexity index is 717. The maximum absolute atomic E-state index is 11.7. The number of benzene rings is 1. The van der Waals surface area contributed by atoms with E-state index >= 15 is 0 Å². The fourth-order valence-electron chi connectivity index (χ4n) is 1.96. The van der Waals surface area contributed by atoms with E-state index in [-0.39, 0.29) is 5.56 Å². The van der Waals surface area contributed by atoms with Crippen LogP contribution in [0.3, 0.4) is 0 Å². The van der Waals surface area contributed by atoms with E-state index in [9.17, 15) is 4.79 Å². The van der Waals surface area contributed by atoms with E-state index in [1.54, 1.807) is 18.6 Å². The third-order valence-corrected chi connectivity index (χ3v) is 2.78.